The predicted octanol–water partition coefficient (Wildman–Crippen LogP) is 4.19. The van der Waals surface area contributed by atoms with Gasteiger partial charge in [0.15, 0.2) is 0 Å². The van der Waals surface area contributed by atoms with Crippen LogP contribution in [-0.2, 0) is 0 Å². The van der Waals surface area contributed by atoms with Crippen LogP contribution >= 0.6 is 0 Å². The summed E-state index contributed by atoms with van der Waals surface area (Å²) in [7, 11) is 4.98. The highest BCUT2D eigenvalue weighted by Gasteiger charge is 2.00. The van der Waals surface area contributed by atoms with Gasteiger partial charge in [-0.1, -0.05) is 18.2 Å². The van der Waals surface area contributed by atoms with Crippen LogP contribution in [0.25, 0.3) is 12.2 Å². The van der Waals surface area contributed by atoms with Crippen molar-refractivity contribution < 1.29 is 14.2 Å². The molecule has 0 amide bonds. The highest BCUT2D eigenvalue weighted by molar-refractivity contribution is 5.71. The van der Waals surface area contributed by atoms with Crippen LogP contribution in [0, 0.1) is 6.92 Å². The maximum atomic E-state index is 5.27. The molecule has 2 aromatic carbocycles. The van der Waals surface area contributed by atoms with Gasteiger partial charge in [-0.05, 0) is 47.9 Å². The summed E-state index contributed by atoms with van der Waals surface area (Å²) < 4.78 is 15.8. The summed E-state index contributed by atoms with van der Waals surface area (Å²) >= 11 is 0. The summed E-state index contributed by atoms with van der Waals surface area (Å²) in [5.41, 5.74) is 3.26. The van der Waals surface area contributed by atoms with Crippen LogP contribution in [0.1, 0.15) is 16.7 Å². The van der Waals surface area contributed by atoms with Crippen LogP contribution in [0.2, 0.25) is 0 Å². The van der Waals surface area contributed by atoms with Gasteiger partial charge in [-0.15, -0.1) is 0 Å². The van der Waals surface area contributed by atoms with E-state index in [9.17, 15) is 0 Å². The van der Waals surface area contributed by atoms with Gasteiger partial charge in [0.2, 0.25) is 0 Å². The summed E-state index contributed by atoms with van der Waals surface area (Å²) in [6.07, 6.45) is 4.09. The van der Waals surface area contributed by atoms with E-state index in [-0.39, 0.29) is 0 Å². The monoisotopic (exact) mass is 284 g/mol. The molecule has 21 heavy (non-hydrogen) atoms. The molecule has 0 radical (unpaired) electrons. The highest BCUT2D eigenvalue weighted by Crippen LogP contribution is 2.24. The lowest BCUT2D eigenvalue weighted by molar-refractivity contribution is 0.394. The van der Waals surface area contributed by atoms with Crippen molar-refractivity contribution in [2.24, 2.45) is 0 Å². The van der Waals surface area contributed by atoms with E-state index >= 15 is 0 Å². The van der Waals surface area contributed by atoms with Crippen molar-refractivity contribution in [2.75, 3.05) is 21.3 Å². The second-order valence-corrected chi connectivity index (χ2v) is 4.71. The number of hydrogen-bond donors (Lipinski definition) is 0. The van der Waals surface area contributed by atoms with E-state index in [1.807, 2.05) is 43.3 Å². The minimum atomic E-state index is 0.778. The first kappa shape index (κ1) is 15.0. The topological polar surface area (TPSA) is 27.7 Å². The van der Waals surface area contributed by atoms with Crippen molar-refractivity contribution in [3.05, 3.63) is 53.1 Å². The summed E-state index contributed by atoms with van der Waals surface area (Å²) in [6.45, 7) is 2.03. The highest BCUT2D eigenvalue weighted by atomic mass is 16.5. The Balaban J connectivity index is 2.26. The van der Waals surface area contributed by atoms with Crippen molar-refractivity contribution in [1.29, 1.82) is 0 Å². The Kier molecular flexibility index (Phi) is 4.88. The molecule has 3 heteroatoms. The van der Waals surface area contributed by atoms with E-state index in [1.54, 1.807) is 21.3 Å². The molecule has 2 aromatic rings. The Morgan fingerprint density at radius 3 is 1.86 bits per heavy atom. The molecule has 0 saturated carbocycles. The van der Waals surface area contributed by atoms with Crippen LogP contribution in [0.4, 0.5) is 0 Å². The van der Waals surface area contributed by atoms with Crippen molar-refractivity contribution in [3.8, 4) is 17.2 Å². The van der Waals surface area contributed by atoms with Crippen molar-refractivity contribution in [3.63, 3.8) is 0 Å². The first-order chi connectivity index (χ1) is 10.2. The molecule has 0 heterocycles. The molecule has 0 fully saturated rings. The quantitative estimate of drug-likeness (QED) is 0.770. The molecule has 3 nitrogen and oxygen atoms in total. The van der Waals surface area contributed by atoms with E-state index in [0.717, 1.165) is 33.9 Å². The van der Waals surface area contributed by atoms with Gasteiger partial charge in [0.05, 0.1) is 21.3 Å². The van der Waals surface area contributed by atoms with Gasteiger partial charge in [-0.3, -0.25) is 0 Å². The number of hydrogen-bond acceptors (Lipinski definition) is 3. The Bertz CT molecular complexity index is 623. The number of rotatable bonds is 5. The minimum Gasteiger partial charge on any atom is -0.497 e. The molecule has 0 saturated heterocycles. The largest absolute Gasteiger partial charge is 0.497 e. The normalized spacial score (nSPS) is 10.7. The van der Waals surface area contributed by atoms with Gasteiger partial charge in [-0.2, -0.15) is 0 Å². The lowest BCUT2D eigenvalue weighted by atomic mass is 10.1. The zero-order valence-electron chi connectivity index (χ0n) is 12.8. The molecule has 2 rings (SSSR count). The zero-order valence-corrected chi connectivity index (χ0v) is 12.8. The van der Waals surface area contributed by atoms with Crippen LogP contribution in [-0.4, -0.2) is 21.3 Å². The number of aryl methyl sites for hydroxylation is 1. The lowest BCUT2D eigenvalue weighted by Gasteiger charge is -2.06. The van der Waals surface area contributed by atoms with Gasteiger partial charge in [-0.25, -0.2) is 0 Å². The summed E-state index contributed by atoms with van der Waals surface area (Å²) in [5, 5.41) is 0. The fraction of sp³-hybridized carbons (Fsp3) is 0.222. The Morgan fingerprint density at radius 1 is 0.714 bits per heavy atom. The van der Waals surface area contributed by atoms with Gasteiger partial charge >= 0.3 is 0 Å². The number of benzene rings is 2. The molecular formula is C18H20O3. The van der Waals surface area contributed by atoms with Gasteiger partial charge in [0, 0.05) is 6.07 Å². The molecule has 0 aliphatic carbocycles. The number of methoxy groups -OCH3 is 3. The maximum absolute atomic E-state index is 5.27. The smallest absolute Gasteiger partial charge is 0.123 e. The first-order valence-corrected chi connectivity index (χ1v) is 6.72. The summed E-state index contributed by atoms with van der Waals surface area (Å²) in [6, 6.07) is 11.9. The Labute approximate surface area is 125 Å². The molecule has 0 unspecified atom stereocenters. The Hall–Kier alpha value is -2.42. The molecule has 110 valence electrons. The maximum Gasteiger partial charge on any atom is 0.123 e. The summed E-state index contributed by atoms with van der Waals surface area (Å²) in [4.78, 5) is 0. The second kappa shape index (κ2) is 6.84. The predicted molar refractivity (Wildman–Crippen MR) is 86.2 cm³/mol. The Morgan fingerprint density at radius 2 is 1.33 bits per heavy atom. The van der Waals surface area contributed by atoms with E-state index < -0.39 is 0 Å². The van der Waals surface area contributed by atoms with E-state index in [2.05, 4.69) is 12.1 Å². The fourth-order valence-electron chi connectivity index (χ4n) is 2.12. The van der Waals surface area contributed by atoms with Crippen LogP contribution < -0.4 is 14.2 Å². The van der Waals surface area contributed by atoms with Gasteiger partial charge < -0.3 is 14.2 Å². The minimum absolute atomic E-state index is 0.778. The second-order valence-electron chi connectivity index (χ2n) is 4.71. The van der Waals surface area contributed by atoms with Gasteiger partial charge in [0.1, 0.15) is 17.2 Å². The molecule has 0 bridgehead atoms. The average Bonchev–Trinajstić information content (AvgIpc) is 2.52. The van der Waals surface area contributed by atoms with Crippen molar-refractivity contribution >= 4 is 12.2 Å². The molecular weight excluding hydrogens is 264 g/mol. The SMILES string of the molecule is COc1cc(/C=C/c2ccc(OC)c(C)c2)cc(OC)c1. The zero-order chi connectivity index (χ0) is 15.2. The molecule has 0 aliphatic rings. The van der Waals surface area contributed by atoms with E-state index in [4.69, 9.17) is 14.2 Å². The van der Waals surface area contributed by atoms with Crippen molar-refractivity contribution in [2.45, 2.75) is 6.92 Å². The average molecular weight is 284 g/mol. The third-order valence-corrected chi connectivity index (χ3v) is 3.26. The molecule has 0 aromatic heterocycles. The van der Waals surface area contributed by atoms with Crippen molar-refractivity contribution in [1.82, 2.24) is 0 Å². The molecule has 0 N–H and O–H groups in total. The summed E-state index contributed by atoms with van der Waals surface area (Å²) in [5.74, 6) is 2.45. The number of ether oxygens (including phenoxy) is 3. The molecule has 0 atom stereocenters. The third-order valence-electron chi connectivity index (χ3n) is 3.26. The van der Waals surface area contributed by atoms with Crippen LogP contribution in [0.15, 0.2) is 36.4 Å². The van der Waals surface area contributed by atoms with Crippen LogP contribution in [0.3, 0.4) is 0 Å². The molecule has 0 aliphatic heterocycles. The van der Waals surface area contributed by atoms with E-state index in [1.165, 1.54) is 0 Å². The van der Waals surface area contributed by atoms with Gasteiger partial charge in [0.25, 0.3) is 0 Å². The molecule has 0 spiro atoms. The van der Waals surface area contributed by atoms with E-state index in [0.29, 0.717) is 0 Å². The standard InChI is InChI=1S/C18H20O3/c1-13-9-14(7-8-18(13)21-4)5-6-15-10-16(19-2)12-17(11-15)20-3/h5-12H,1-4H3/b6-5+. The lowest BCUT2D eigenvalue weighted by Crippen LogP contribution is -1.88. The fourth-order valence-corrected chi connectivity index (χ4v) is 2.12. The first-order valence-electron chi connectivity index (χ1n) is 6.72. The third kappa shape index (κ3) is 3.78. The van der Waals surface area contributed by atoms with Crippen LogP contribution in [0.5, 0.6) is 17.2 Å².